The molecule has 1 fully saturated rings. The number of fused-ring (bicyclic) bond motifs is 1. The molecule has 0 saturated carbocycles. The molecule has 0 spiro atoms. The number of hydrogen-bond acceptors (Lipinski definition) is 4. The molecule has 0 atom stereocenters. The van der Waals surface area contributed by atoms with Crippen molar-refractivity contribution in [1.82, 2.24) is 15.1 Å². The second-order valence-electron chi connectivity index (χ2n) is 6.95. The maximum Gasteiger partial charge on any atom is 0.261 e. The van der Waals surface area contributed by atoms with E-state index in [1.54, 1.807) is 24.3 Å². The zero-order valence-electron chi connectivity index (χ0n) is 15.4. The van der Waals surface area contributed by atoms with Crippen LogP contribution in [0, 0.1) is 0 Å². The lowest BCUT2D eigenvalue weighted by molar-refractivity contribution is -0.131. The Labute approximate surface area is 158 Å². The van der Waals surface area contributed by atoms with Crippen molar-refractivity contribution >= 4 is 23.6 Å². The maximum absolute atomic E-state index is 12.2. The molecule has 0 aromatic heterocycles. The summed E-state index contributed by atoms with van der Waals surface area (Å²) in [4.78, 5) is 51.7. The Morgan fingerprint density at radius 2 is 1.48 bits per heavy atom. The summed E-state index contributed by atoms with van der Waals surface area (Å²) in [5.41, 5.74) is 0.761. The van der Waals surface area contributed by atoms with Crippen molar-refractivity contribution in [3.63, 3.8) is 0 Å². The SMILES string of the molecule is O=C(CCN1C(=O)c2ccccc2C1=O)NCCC(=O)N1CCCCCC1. The van der Waals surface area contributed by atoms with Crippen LogP contribution in [0.3, 0.4) is 0 Å². The quantitative estimate of drug-likeness (QED) is 0.769. The van der Waals surface area contributed by atoms with E-state index in [0.717, 1.165) is 30.8 Å². The summed E-state index contributed by atoms with van der Waals surface area (Å²) in [6.07, 6.45) is 4.72. The smallest absolute Gasteiger partial charge is 0.261 e. The van der Waals surface area contributed by atoms with E-state index in [2.05, 4.69) is 5.32 Å². The van der Waals surface area contributed by atoms with Crippen molar-refractivity contribution in [2.45, 2.75) is 38.5 Å². The number of carbonyl (C=O) groups is 4. The molecule has 27 heavy (non-hydrogen) atoms. The first-order chi connectivity index (χ1) is 13.1. The first kappa shape index (κ1) is 19.1. The van der Waals surface area contributed by atoms with Gasteiger partial charge < -0.3 is 10.2 Å². The van der Waals surface area contributed by atoms with Gasteiger partial charge in [-0.15, -0.1) is 0 Å². The number of imide groups is 1. The van der Waals surface area contributed by atoms with Crippen molar-refractivity contribution in [3.05, 3.63) is 35.4 Å². The van der Waals surface area contributed by atoms with Gasteiger partial charge in [-0.1, -0.05) is 25.0 Å². The molecule has 1 saturated heterocycles. The van der Waals surface area contributed by atoms with Crippen LogP contribution < -0.4 is 5.32 Å². The standard InChI is InChI=1S/C20H25N3O4/c24-17(21-11-9-18(25)22-12-5-1-2-6-13-22)10-14-23-19(26)15-7-3-4-8-16(15)20(23)27/h3-4,7-8H,1-2,5-6,9-14H2,(H,21,24). The van der Waals surface area contributed by atoms with E-state index >= 15 is 0 Å². The highest BCUT2D eigenvalue weighted by Gasteiger charge is 2.34. The summed E-state index contributed by atoms with van der Waals surface area (Å²) in [6.45, 7) is 1.91. The van der Waals surface area contributed by atoms with Crippen LogP contribution in [0.25, 0.3) is 0 Å². The molecule has 0 unspecified atom stereocenters. The third-order valence-electron chi connectivity index (χ3n) is 5.06. The molecule has 2 aliphatic rings. The molecule has 3 rings (SSSR count). The summed E-state index contributed by atoms with van der Waals surface area (Å²) in [5.74, 6) is -0.924. The van der Waals surface area contributed by atoms with Crippen molar-refractivity contribution < 1.29 is 19.2 Å². The second kappa shape index (κ2) is 8.79. The van der Waals surface area contributed by atoms with Crippen molar-refractivity contribution in [1.29, 1.82) is 0 Å². The minimum absolute atomic E-state index is 0.0311. The average molecular weight is 371 g/mol. The first-order valence-electron chi connectivity index (χ1n) is 9.57. The predicted octanol–water partition coefficient (Wildman–Crippen LogP) is 1.58. The molecule has 1 N–H and O–H groups in total. The van der Waals surface area contributed by atoms with Gasteiger partial charge in [0.1, 0.15) is 0 Å². The van der Waals surface area contributed by atoms with E-state index in [0.29, 0.717) is 11.1 Å². The van der Waals surface area contributed by atoms with Crippen LogP contribution in [0.15, 0.2) is 24.3 Å². The largest absolute Gasteiger partial charge is 0.356 e. The van der Waals surface area contributed by atoms with Crippen LogP contribution in [0.1, 0.15) is 59.2 Å². The van der Waals surface area contributed by atoms with Gasteiger partial charge in [0.15, 0.2) is 0 Å². The van der Waals surface area contributed by atoms with Gasteiger partial charge in [0.05, 0.1) is 11.1 Å². The van der Waals surface area contributed by atoms with Crippen molar-refractivity contribution in [3.8, 4) is 0 Å². The minimum Gasteiger partial charge on any atom is -0.356 e. The Kier molecular flexibility index (Phi) is 6.21. The molecule has 2 heterocycles. The number of nitrogens with one attached hydrogen (secondary N) is 1. The minimum atomic E-state index is -0.361. The van der Waals surface area contributed by atoms with Crippen LogP contribution in [0.4, 0.5) is 0 Å². The Balaban J connectivity index is 1.40. The predicted molar refractivity (Wildman–Crippen MR) is 99.1 cm³/mol. The molecule has 1 aromatic carbocycles. The normalized spacial score (nSPS) is 16.9. The molecular formula is C20H25N3O4. The fraction of sp³-hybridized carbons (Fsp3) is 0.500. The summed E-state index contributed by atoms with van der Waals surface area (Å²) in [5, 5.41) is 2.71. The monoisotopic (exact) mass is 371 g/mol. The van der Waals surface area contributed by atoms with E-state index in [1.807, 2.05) is 4.90 Å². The fourth-order valence-electron chi connectivity index (χ4n) is 3.53. The van der Waals surface area contributed by atoms with Crippen LogP contribution in [-0.4, -0.2) is 59.6 Å². The summed E-state index contributed by atoms with van der Waals surface area (Å²) in [7, 11) is 0. The Morgan fingerprint density at radius 1 is 0.889 bits per heavy atom. The van der Waals surface area contributed by atoms with E-state index in [9.17, 15) is 19.2 Å². The molecule has 1 aromatic rings. The molecule has 4 amide bonds. The number of carbonyl (C=O) groups excluding carboxylic acids is 4. The van der Waals surface area contributed by atoms with Crippen LogP contribution in [0.2, 0.25) is 0 Å². The lowest BCUT2D eigenvalue weighted by Gasteiger charge is -2.20. The Bertz CT molecular complexity index is 703. The van der Waals surface area contributed by atoms with Gasteiger partial charge in [0.2, 0.25) is 11.8 Å². The average Bonchev–Trinajstić information content (AvgIpc) is 2.87. The van der Waals surface area contributed by atoms with Crippen molar-refractivity contribution in [2.24, 2.45) is 0 Å². The molecule has 144 valence electrons. The summed E-state index contributed by atoms with van der Waals surface area (Å²) in [6, 6.07) is 6.65. The number of likely N-dealkylation sites (tertiary alicyclic amines) is 1. The van der Waals surface area contributed by atoms with Crippen molar-refractivity contribution in [2.75, 3.05) is 26.2 Å². The lowest BCUT2D eigenvalue weighted by Crippen LogP contribution is -2.37. The number of benzene rings is 1. The molecule has 7 nitrogen and oxygen atoms in total. The third kappa shape index (κ3) is 4.53. The molecular weight excluding hydrogens is 346 g/mol. The Hall–Kier alpha value is -2.70. The third-order valence-corrected chi connectivity index (χ3v) is 5.06. The van der Waals surface area contributed by atoms with Gasteiger partial charge in [0.25, 0.3) is 11.8 Å². The highest BCUT2D eigenvalue weighted by atomic mass is 16.2. The van der Waals surface area contributed by atoms with E-state index < -0.39 is 0 Å². The number of rotatable bonds is 6. The number of amides is 4. The fourth-order valence-corrected chi connectivity index (χ4v) is 3.53. The van der Waals surface area contributed by atoms with Gasteiger partial charge in [0, 0.05) is 39.0 Å². The molecule has 2 aliphatic heterocycles. The lowest BCUT2D eigenvalue weighted by atomic mass is 10.1. The second-order valence-corrected chi connectivity index (χ2v) is 6.95. The molecule has 0 aliphatic carbocycles. The van der Waals surface area contributed by atoms with E-state index in [-0.39, 0.29) is 49.6 Å². The number of hydrogen-bond donors (Lipinski definition) is 1. The molecule has 7 heteroatoms. The van der Waals surface area contributed by atoms with Gasteiger partial charge in [-0.05, 0) is 25.0 Å². The van der Waals surface area contributed by atoms with Crippen LogP contribution in [-0.2, 0) is 9.59 Å². The highest BCUT2D eigenvalue weighted by Crippen LogP contribution is 2.22. The number of nitrogens with zero attached hydrogens (tertiary/aromatic N) is 2. The zero-order chi connectivity index (χ0) is 19.2. The maximum atomic E-state index is 12.2. The van der Waals surface area contributed by atoms with Gasteiger partial charge >= 0.3 is 0 Å². The zero-order valence-corrected chi connectivity index (χ0v) is 15.4. The topological polar surface area (TPSA) is 86.8 Å². The molecule has 0 radical (unpaired) electrons. The highest BCUT2D eigenvalue weighted by molar-refractivity contribution is 6.21. The van der Waals surface area contributed by atoms with Gasteiger partial charge in [-0.3, -0.25) is 24.1 Å². The summed E-state index contributed by atoms with van der Waals surface area (Å²) >= 11 is 0. The first-order valence-corrected chi connectivity index (χ1v) is 9.57. The molecule has 0 bridgehead atoms. The van der Waals surface area contributed by atoms with E-state index in [1.165, 1.54) is 12.8 Å². The van der Waals surface area contributed by atoms with Crippen LogP contribution in [0.5, 0.6) is 0 Å². The van der Waals surface area contributed by atoms with Crippen LogP contribution >= 0.6 is 0 Å². The Morgan fingerprint density at radius 3 is 2.07 bits per heavy atom. The summed E-state index contributed by atoms with van der Waals surface area (Å²) < 4.78 is 0. The van der Waals surface area contributed by atoms with Gasteiger partial charge in [-0.2, -0.15) is 0 Å². The van der Waals surface area contributed by atoms with E-state index in [4.69, 9.17) is 0 Å². The van der Waals surface area contributed by atoms with Gasteiger partial charge in [-0.25, -0.2) is 0 Å².